The van der Waals surface area contributed by atoms with Crippen molar-refractivity contribution in [3.8, 4) is 11.3 Å². The first-order chi connectivity index (χ1) is 16.2. The van der Waals surface area contributed by atoms with Crippen LogP contribution in [0.2, 0.25) is 0 Å². The third kappa shape index (κ3) is 5.04. The maximum atomic E-state index is 12.4. The van der Waals surface area contributed by atoms with Crippen LogP contribution in [0.4, 0.5) is 5.82 Å². The molecule has 5 rings (SSSR count). The Morgan fingerprint density at radius 1 is 1.12 bits per heavy atom. The normalized spacial score (nSPS) is 27.3. The zero-order valence-electron chi connectivity index (χ0n) is 19.4. The summed E-state index contributed by atoms with van der Waals surface area (Å²) in [5.41, 5.74) is 2.15. The van der Waals surface area contributed by atoms with Gasteiger partial charge in [-0.15, -0.1) is 10.2 Å². The summed E-state index contributed by atoms with van der Waals surface area (Å²) in [5.74, 6) is 3.04. The van der Waals surface area contributed by atoms with E-state index in [1.54, 1.807) is 0 Å². The molecule has 0 radical (unpaired) electrons. The molecule has 1 aromatic carbocycles. The van der Waals surface area contributed by atoms with Gasteiger partial charge in [-0.2, -0.15) is 0 Å². The second-order valence-corrected chi connectivity index (χ2v) is 9.75. The number of hydrogen-bond acceptors (Lipinski definition) is 6. The number of carbonyl (C=O) groups is 1. The minimum Gasteiger partial charge on any atom is -0.381 e. The highest BCUT2D eigenvalue weighted by atomic mass is 16.5. The maximum absolute atomic E-state index is 12.4. The lowest BCUT2D eigenvalue weighted by molar-refractivity contribution is 0.0594. The maximum Gasteiger partial charge on any atom is 0.251 e. The van der Waals surface area contributed by atoms with Gasteiger partial charge in [-0.25, -0.2) is 0 Å². The van der Waals surface area contributed by atoms with Crippen LogP contribution in [0.15, 0.2) is 36.4 Å². The van der Waals surface area contributed by atoms with E-state index in [-0.39, 0.29) is 5.91 Å². The number of ether oxygens (including phenoxy) is 1. The third-order valence-corrected chi connectivity index (χ3v) is 7.64. The van der Waals surface area contributed by atoms with Crippen LogP contribution < -0.4 is 16.0 Å². The minimum atomic E-state index is -0.0847. The van der Waals surface area contributed by atoms with Crippen LogP contribution in [-0.2, 0) is 4.74 Å². The number of hydrogen-bond donors (Lipinski definition) is 3. The first-order valence-corrected chi connectivity index (χ1v) is 12.5. The van der Waals surface area contributed by atoms with Gasteiger partial charge in [-0.3, -0.25) is 4.79 Å². The molecule has 1 aromatic heterocycles. The number of benzene rings is 1. The first-order valence-electron chi connectivity index (χ1n) is 12.5. The highest BCUT2D eigenvalue weighted by Crippen LogP contribution is 2.41. The SMILES string of the molecule is CCNC(=O)c1ccccc1-c1ccc(N[C@H]2C[C@@H]3CN[C@@H](CC4CCOCC4)[C@H]3C2)nn1. The van der Waals surface area contributed by atoms with E-state index in [1.165, 1.54) is 32.1 Å². The lowest BCUT2D eigenvalue weighted by Gasteiger charge is -2.27. The van der Waals surface area contributed by atoms with Crippen LogP contribution in [0.1, 0.15) is 49.4 Å². The van der Waals surface area contributed by atoms with Gasteiger partial charge >= 0.3 is 0 Å². The molecule has 2 saturated heterocycles. The third-order valence-electron chi connectivity index (χ3n) is 7.64. The van der Waals surface area contributed by atoms with Gasteiger partial charge in [0.25, 0.3) is 5.91 Å². The summed E-state index contributed by atoms with van der Waals surface area (Å²) in [6, 6.07) is 12.6. The lowest BCUT2D eigenvalue weighted by atomic mass is 9.85. The minimum absolute atomic E-state index is 0.0847. The van der Waals surface area contributed by atoms with Crippen molar-refractivity contribution in [2.45, 2.75) is 51.1 Å². The van der Waals surface area contributed by atoms with E-state index in [0.29, 0.717) is 29.9 Å². The Bertz CT molecular complexity index is 944. The van der Waals surface area contributed by atoms with Crippen LogP contribution in [0, 0.1) is 17.8 Å². The van der Waals surface area contributed by atoms with Crippen LogP contribution in [-0.4, -0.2) is 54.5 Å². The molecule has 3 N–H and O–H groups in total. The zero-order valence-corrected chi connectivity index (χ0v) is 19.4. The van der Waals surface area contributed by atoms with Gasteiger partial charge in [0, 0.05) is 43.0 Å². The largest absolute Gasteiger partial charge is 0.381 e. The molecule has 2 aliphatic heterocycles. The molecule has 3 fully saturated rings. The number of amides is 1. The Morgan fingerprint density at radius 3 is 2.76 bits per heavy atom. The second kappa shape index (κ2) is 10.2. The molecule has 7 nitrogen and oxygen atoms in total. The standard InChI is InChI=1S/C26H35N5O2/c1-2-27-26(32)21-6-4-3-5-20(21)23-7-8-25(31-30-23)29-19-14-18-16-28-24(22(18)15-19)13-17-9-11-33-12-10-17/h3-8,17-19,22,24,28H,2,9-16H2,1H3,(H,27,32)(H,29,31)/t18-,19+,22+,24+/m1/s1. The van der Waals surface area contributed by atoms with Gasteiger partial charge in [-0.05, 0) is 81.5 Å². The van der Waals surface area contributed by atoms with Crippen molar-refractivity contribution in [3.05, 3.63) is 42.0 Å². The fourth-order valence-electron chi connectivity index (χ4n) is 5.98. The Balaban J connectivity index is 1.20. The quantitative estimate of drug-likeness (QED) is 0.600. The summed E-state index contributed by atoms with van der Waals surface area (Å²) >= 11 is 0. The highest BCUT2D eigenvalue weighted by molar-refractivity contribution is 6.00. The Kier molecular flexibility index (Phi) is 6.88. The molecule has 1 saturated carbocycles. The van der Waals surface area contributed by atoms with E-state index in [9.17, 15) is 4.79 Å². The summed E-state index contributed by atoms with van der Waals surface area (Å²) in [4.78, 5) is 12.4. The van der Waals surface area contributed by atoms with Gasteiger partial charge in [0.1, 0.15) is 5.82 Å². The molecule has 1 amide bonds. The van der Waals surface area contributed by atoms with Crippen LogP contribution >= 0.6 is 0 Å². The molecular formula is C26H35N5O2. The van der Waals surface area contributed by atoms with Gasteiger partial charge in [-0.1, -0.05) is 18.2 Å². The van der Waals surface area contributed by atoms with Gasteiger partial charge in [0.2, 0.25) is 0 Å². The topological polar surface area (TPSA) is 88.2 Å². The fourth-order valence-corrected chi connectivity index (χ4v) is 5.98. The van der Waals surface area contributed by atoms with Crippen molar-refractivity contribution in [1.29, 1.82) is 0 Å². The monoisotopic (exact) mass is 449 g/mol. The smallest absolute Gasteiger partial charge is 0.251 e. The average Bonchev–Trinajstić information content (AvgIpc) is 3.41. The van der Waals surface area contributed by atoms with Crippen molar-refractivity contribution in [3.63, 3.8) is 0 Å². The number of nitrogens with one attached hydrogen (secondary N) is 3. The van der Waals surface area contributed by atoms with E-state index < -0.39 is 0 Å². The van der Waals surface area contributed by atoms with Crippen LogP contribution in [0.3, 0.4) is 0 Å². The first kappa shape index (κ1) is 22.3. The van der Waals surface area contributed by atoms with Crippen LogP contribution in [0.5, 0.6) is 0 Å². The lowest BCUT2D eigenvalue weighted by Crippen LogP contribution is -2.33. The summed E-state index contributed by atoms with van der Waals surface area (Å²) < 4.78 is 5.54. The molecule has 176 valence electrons. The van der Waals surface area contributed by atoms with E-state index in [4.69, 9.17) is 4.74 Å². The van der Waals surface area contributed by atoms with Crippen molar-refractivity contribution in [1.82, 2.24) is 20.8 Å². The number of anilines is 1. The van der Waals surface area contributed by atoms with E-state index in [1.807, 2.05) is 43.3 Å². The highest BCUT2D eigenvalue weighted by Gasteiger charge is 2.43. The number of nitrogens with zero attached hydrogens (tertiary/aromatic N) is 2. The van der Waals surface area contributed by atoms with Gasteiger partial charge < -0.3 is 20.7 Å². The van der Waals surface area contributed by atoms with E-state index >= 15 is 0 Å². The van der Waals surface area contributed by atoms with Gasteiger partial charge in [0.15, 0.2) is 0 Å². The van der Waals surface area contributed by atoms with Crippen LogP contribution in [0.25, 0.3) is 11.3 Å². The summed E-state index contributed by atoms with van der Waals surface area (Å²) in [6.07, 6.45) is 6.09. The summed E-state index contributed by atoms with van der Waals surface area (Å²) in [5, 5.41) is 19.2. The Labute approximate surface area is 196 Å². The Hall–Kier alpha value is -2.51. The van der Waals surface area contributed by atoms with E-state index in [0.717, 1.165) is 48.9 Å². The van der Waals surface area contributed by atoms with E-state index in [2.05, 4.69) is 26.1 Å². The summed E-state index contributed by atoms with van der Waals surface area (Å²) in [6.45, 7) is 5.51. The predicted molar refractivity (Wildman–Crippen MR) is 129 cm³/mol. The number of fused-ring (bicyclic) bond motifs is 1. The Morgan fingerprint density at radius 2 is 1.97 bits per heavy atom. The molecule has 0 bridgehead atoms. The molecule has 0 spiro atoms. The molecule has 2 aromatic rings. The second-order valence-electron chi connectivity index (χ2n) is 9.75. The molecule has 0 unspecified atom stereocenters. The predicted octanol–water partition coefficient (Wildman–Crippen LogP) is 3.49. The van der Waals surface area contributed by atoms with Crippen molar-refractivity contribution in [2.24, 2.45) is 17.8 Å². The molecule has 7 heteroatoms. The number of aromatic nitrogens is 2. The fraction of sp³-hybridized carbons (Fsp3) is 0.577. The molecular weight excluding hydrogens is 414 g/mol. The molecule has 1 aliphatic carbocycles. The molecule has 3 heterocycles. The van der Waals surface area contributed by atoms with Crippen molar-refractivity contribution in [2.75, 3.05) is 31.6 Å². The van der Waals surface area contributed by atoms with Gasteiger partial charge in [0.05, 0.1) is 5.69 Å². The van der Waals surface area contributed by atoms with Crippen molar-refractivity contribution >= 4 is 11.7 Å². The number of carbonyl (C=O) groups excluding carboxylic acids is 1. The molecule has 33 heavy (non-hydrogen) atoms. The summed E-state index contributed by atoms with van der Waals surface area (Å²) in [7, 11) is 0. The zero-order chi connectivity index (χ0) is 22.6. The number of rotatable bonds is 7. The van der Waals surface area contributed by atoms with Crippen molar-refractivity contribution < 1.29 is 9.53 Å². The molecule has 3 aliphatic rings. The molecule has 4 atom stereocenters. The average molecular weight is 450 g/mol.